The van der Waals surface area contributed by atoms with Crippen molar-refractivity contribution in [2.24, 2.45) is 5.73 Å². The van der Waals surface area contributed by atoms with Crippen molar-refractivity contribution in [3.8, 4) is 0 Å². The summed E-state index contributed by atoms with van der Waals surface area (Å²) in [6, 6.07) is 3.84. The van der Waals surface area contributed by atoms with Gasteiger partial charge in [-0.1, -0.05) is 11.6 Å². The molecule has 1 unspecified atom stereocenters. The van der Waals surface area contributed by atoms with Gasteiger partial charge in [-0.15, -0.1) is 0 Å². The predicted molar refractivity (Wildman–Crippen MR) is 60.8 cm³/mol. The molecule has 3 heteroatoms. The van der Waals surface area contributed by atoms with Crippen LogP contribution in [0.2, 0.25) is 0 Å². The minimum atomic E-state index is -0.542. The van der Waals surface area contributed by atoms with Gasteiger partial charge in [0.15, 0.2) is 0 Å². The van der Waals surface area contributed by atoms with Gasteiger partial charge in [0.05, 0.1) is 0 Å². The van der Waals surface area contributed by atoms with Crippen molar-refractivity contribution in [2.45, 2.75) is 31.7 Å². The van der Waals surface area contributed by atoms with E-state index in [0.29, 0.717) is 5.56 Å². The fraction of sp³-hybridized carbons (Fsp3) is 0.385. The average molecular weight is 223 g/mol. The molecule has 1 aliphatic rings. The number of rotatable bonds is 1. The predicted octanol–water partition coefficient (Wildman–Crippen LogP) is 3.25. The summed E-state index contributed by atoms with van der Waals surface area (Å²) in [5, 5.41) is 0. The van der Waals surface area contributed by atoms with Crippen LogP contribution in [0.5, 0.6) is 0 Å². The summed E-state index contributed by atoms with van der Waals surface area (Å²) >= 11 is 0. The summed E-state index contributed by atoms with van der Waals surface area (Å²) in [4.78, 5) is 0. The summed E-state index contributed by atoms with van der Waals surface area (Å²) < 4.78 is 26.1. The Morgan fingerprint density at radius 2 is 2.12 bits per heavy atom. The fourth-order valence-corrected chi connectivity index (χ4v) is 2.10. The molecule has 0 radical (unpaired) electrons. The number of halogens is 2. The first-order valence-electron chi connectivity index (χ1n) is 5.55. The van der Waals surface area contributed by atoms with Gasteiger partial charge < -0.3 is 5.73 Å². The first-order valence-corrected chi connectivity index (χ1v) is 5.55. The molecular weight excluding hydrogens is 208 g/mol. The SMILES string of the molecule is NC1CCCC(=Cc2ccc(F)cc2F)C1. The maximum Gasteiger partial charge on any atom is 0.133 e. The van der Waals surface area contributed by atoms with Crippen molar-refractivity contribution in [1.29, 1.82) is 0 Å². The third-order valence-electron chi connectivity index (χ3n) is 2.92. The molecule has 1 atom stereocenters. The number of hydrogen-bond donors (Lipinski definition) is 1. The molecule has 2 N–H and O–H groups in total. The Kier molecular flexibility index (Phi) is 3.34. The summed E-state index contributed by atoms with van der Waals surface area (Å²) in [7, 11) is 0. The van der Waals surface area contributed by atoms with E-state index in [9.17, 15) is 8.78 Å². The second-order valence-corrected chi connectivity index (χ2v) is 4.32. The molecule has 1 saturated carbocycles. The van der Waals surface area contributed by atoms with Crippen LogP contribution in [0.25, 0.3) is 6.08 Å². The molecular formula is C13H15F2N. The maximum atomic E-state index is 13.4. The second-order valence-electron chi connectivity index (χ2n) is 4.32. The minimum absolute atomic E-state index is 0.184. The molecule has 1 nitrogen and oxygen atoms in total. The molecule has 0 aliphatic heterocycles. The normalized spacial score (nSPS) is 23.7. The molecule has 0 aromatic heterocycles. The van der Waals surface area contributed by atoms with Gasteiger partial charge >= 0.3 is 0 Å². The van der Waals surface area contributed by atoms with Crippen molar-refractivity contribution in [3.63, 3.8) is 0 Å². The monoisotopic (exact) mass is 223 g/mol. The van der Waals surface area contributed by atoms with Crippen LogP contribution < -0.4 is 5.73 Å². The Morgan fingerprint density at radius 3 is 2.81 bits per heavy atom. The van der Waals surface area contributed by atoms with Crippen LogP contribution >= 0.6 is 0 Å². The highest BCUT2D eigenvalue weighted by Crippen LogP contribution is 2.25. The zero-order valence-electron chi connectivity index (χ0n) is 9.05. The van der Waals surface area contributed by atoms with Gasteiger partial charge in [0, 0.05) is 17.7 Å². The van der Waals surface area contributed by atoms with Gasteiger partial charge in [-0.3, -0.25) is 0 Å². The van der Waals surface area contributed by atoms with Crippen molar-refractivity contribution < 1.29 is 8.78 Å². The summed E-state index contributed by atoms with van der Waals surface area (Å²) in [5.41, 5.74) is 7.45. The molecule has 1 aliphatic carbocycles. The van der Waals surface area contributed by atoms with E-state index < -0.39 is 11.6 Å². The van der Waals surface area contributed by atoms with Crippen molar-refractivity contribution in [2.75, 3.05) is 0 Å². The molecule has 86 valence electrons. The van der Waals surface area contributed by atoms with Crippen LogP contribution in [0.1, 0.15) is 31.2 Å². The zero-order chi connectivity index (χ0) is 11.5. The minimum Gasteiger partial charge on any atom is -0.327 e. The number of nitrogens with two attached hydrogens (primary N) is 1. The van der Waals surface area contributed by atoms with Crippen LogP contribution in [0.4, 0.5) is 8.78 Å². The third kappa shape index (κ3) is 2.67. The van der Waals surface area contributed by atoms with Gasteiger partial charge in [0.1, 0.15) is 11.6 Å². The van der Waals surface area contributed by atoms with Crippen molar-refractivity contribution in [3.05, 3.63) is 41.0 Å². The van der Waals surface area contributed by atoms with E-state index in [1.54, 1.807) is 6.08 Å². The van der Waals surface area contributed by atoms with E-state index in [1.807, 2.05) is 0 Å². The lowest BCUT2D eigenvalue weighted by atomic mass is 9.90. The van der Waals surface area contributed by atoms with Gasteiger partial charge in [0.2, 0.25) is 0 Å². The van der Waals surface area contributed by atoms with Gasteiger partial charge in [0.25, 0.3) is 0 Å². The lowest BCUT2D eigenvalue weighted by molar-refractivity contribution is 0.520. The van der Waals surface area contributed by atoms with E-state index in [0.717, 1.165) is 37.3 Å². The summed E-state index contributed by atoms with van der Waals surface area (Å²) in [6.45, 7) is 0. The molecule has 0 amide bonds. The molecule has 1 fully saturated rings. The van der Waals surface area contributed by atoms with Crippen LogP contribution in [0, 0.1) is 11.6 Å². The number of benzene rings is 1. The first kappa shape index (κ1) is 11.3. The average Bonchev–Trinajstić information content (AvgIpc) is 2.22. The highest BCUT2D eigenvalue weighted by molar-refractivity contribution is 5.53. The number of hydrogen-bond acceptors (Lipinski definition) is 1. The van der Waals surface area contributed by atoms with Gasteiger partial charge in [-0.2, -0.15) is 0 Å². The zero-order valence-corrected chi connectivity index (χ0v) is 9.05. The largest absolute Gasteiger partial charge is 0.327 e. The van der Waals surface area contributed by atoms with Crippen LogP contribution in [-0.4, -0.2) is 6.04 Å². The first-order chi connectivity index (χ1) is 7.65. The fourth-order valence-electron chi connectivity index (χ4n) is 2.10. The van der Waals surface area contributed by atoms with Crippen molar-refractivity contribution >= 4 is 6.08 Å². The van der Waals surface area contributed by atoms with Crippen molar-refractivity contribution in [1.82, 2.24) is 0 Å². The highest BCUT2D eigenvalue weighted by atomic mass is 19.1. The molecule has 0 spiro atoms. The third-order valence-corrected chi connectivity index (χ3v) is 2.92. The molecule has 1 aromatic rings. The summed E-state index contributed by atoms with van der Waals surface area (Å²) in [5.74, 6) is -1.05. The van der Waals surface area contributed by atoms with E-state index >= 15 is 0 Å². The highest BCUT2D eigenvalue weighted by Gasteiger charge is 2.13. The van der Waals surface area contributed by atoms with Crippen LogP contribution in [0.15, 0.2) is 23.8 Å². The van der Waals surface area contributed by atoms with E-state index in [2.05, 4.69) is 0 Å². The Bertz CT molecular complexity index is 412. The molecule has 0 bridgehead atoms. The lowest BCUT2D eigenvalue weighted by Gasteiger charge is -2.20. The summed E-state index contributed by atoms with van der Waals surface area (Å²) in [6.07, 6.45) is 5.66. The van der Waals surface area contributed by atoms with Crippen LogP contribution in [-0.2, 0) is 0 Å². The van der Waals surface area contributed by atoms with E-state index in [4.69, 9.17) is 5.73 Å². The van der Waals surface area contributed by atoms with Gasteiger partial charge in [-0.25, -0.2) is 8.78 Å². The Labute approximate surface area is 94.0 Å². The smallest absolute Gasteiger partial charge is 0.133 e. The molecule has 0 saturated heterocycles. The maximum absolute atomic E-state index is 13.4. The topological polar surface area (TPSA) is 26.0 Å². The lowest BCUT2D eigenvalue weighted by Crippen LogP contribution is -2.23. The molecule has 0 heterocycles. The molecule has 2 rings (SSSR count). The second kappa shape index (κ2) is 4.74. The Balaban J connectivity index is 2.21. The van der Waals surface area contributed by atoms with E-state index in [-0.39, 0.29) is 6.04 Å². The Morgan fingerprint density at radius 1 is 1.31 bits per heavy atom. The molecule has 16 heavy (non-hydrogen) atoms. The standard InChI is InChI=1S/C13H15F2N/c14-11-5-4-10(13(15)8-11)6-9-2-1-3-12(16)7-9/h4-6,8,12H,1-3,7,16H2. The van der Waals surface area contributed by atoms with Crippen LogP contribution in [0.3, 0.4) is 0 Å². The Hall–Kier alpha value is -1.22. The van der Waals surface area contributed by atoms with E-state index in [1.165, 1.54) is 12.1 Å². The molecule has 1 aromatic carbocycles. The quantitative estimate of drug-likeness (QED) is 0.777. The van der Waals surface area contributed by atoms with Gasteiger partial charge in [-0.05, 0) is 37.8 Å².